The zero-order chi connectivity index (χ0) is 12.4. The summed E-state index contributed by atoms with van der Waals surface area (Å²) in [4.78, 5) is 5.58. The minimum Gasteiger partial charge on any atom is -0.381 e. The van der Waals surface area contributed by atoms with Crippen LogP contribution in [0.1, 0.15) is 13.3 Å². The van der Waals surface area contributed by atoms with E-state index in [1.165, 1.54) is 0 Å². The van der Waals surface area contributed by atoms with E-state index in [4.69, 9.17) is 10.5 Å². The maximum atomic E-state index is 13.7. The summed E-state index contributed by atoms with van der Waals surface area (Å²) in [6.07, 6.45) is 0.804. The minimum absolute atomic E-state index is 0.0515. The molecular weight excluding hydrogens is 228 g/mol. The standard InChI is InChI=1S/C11H15F2N3O/c1-2-7-6-17-4-3-16(7)11-9(13)5-8(12)10(14)15-11/h5,7H,2-4,6H2,1H3,(H2,14,15). The summed E-state index contributed by atoms with van der Waals surface area (Å²) in [5.41, 5.74) is 5.37. The van der Waals surface area contributed by atoms with Crippen LogP contribution in [0.15, 0.2) is 6.07 Å². The fourth-order valence-electron chi connectivity index (χ4n) is 1.94. The Morgan fingerprint density at radius 3 is 3.00 bits per heavy atom. The fraction of sp³-hybridized carbons (Fsp3) is 0.545. The highest BCUT2D eigenvalue weighted by Crippen LogP contribution is 2.24. The summed E-state index contributed by atoms with van der Waals surface area (Å²) < 4.78 is 32.0. The SMILES string of the molecule is CCC1COCCN1c1nc(N)c(F)cc1F. The maximum Gasteiger partial charge on any atom is 0.168 e. The number of anilines is 2. The lowest BCUT2D eigenvalue weighted by Gasteiger charge is -2.36. The van der Waals surface area contributed by atoms with Crippen molar-refractivity contribution >= 4 is 11.6 Å². The third kappa shape index (κ3) is 2.31. The smallest absolute Gasteiger partial charge is 0.168 e. The Kier molecular flexibility index (Phi) is 3.42. The first-order valence-corrected chi connectivity index (χ1v) is 5.59. The van der Waals surface area contributed by atoms with Gasteiger partial charge in [-0.2, -0.15) is 0 Å². The summed E-state index contributed by atoms with van der Waals surface area (Å²) >= 11 is 0. The second-order valence-corrected chi connectivity index (χ2v) is 3.99. The largest absolute Gasteiger partial charge is 0.381 e. The van der Waals surface area contributed by atoms with Crippen molar-refractivity contribution in [2.45, 2.75) is 19.4 Å². The Morgan fingerprint density at radius 2 is 2.29 bits per heavy atom. The molecule has 1 unspecified atom stereocenters. The van der Waals surface area contributed by atoms with E-state index < -0.39 is 11.6 Å². The molecule has 6 heteroatoms. The van der Waals surface area contributed by atoms with Crippen LogP contribution in [0.3, 0.4) is 0 Å². The topological polar surface area (TPSA) is 51.4 Å². The molecule has 1 aliphatic heterocycles. The lowest BCUT2D eigenvalue weighted by atomic mass is 10.1. The van der Waals surface area contributed by atoms with E-state index in [1.807, 2.05) is 6.92 Å². The predicted molar refractivity (Wildman–Crippen MR) is 60.8 cm³/mol. The van der Waals surface area contributed by atoms with Crippen LogP contribution in [-0.2, 0) is 4.74 Å². The van der Waals surface area contributed by atoms with Crippen LogP contribution in [-0.4, -0.2) is 30.8 Å². The van der Waals surface area contributed by atoms with Gasteiger partial charge in [0.2, 0.25) is 0 Å². The number of nitrogens with two attached hydrogens (primary N) is 1. The van der Waals surface area contributed by atoms with Gasteiger partial charge in [0.25, 0.3) is 0 Å². The van der Waals surface area contributed by atoms with Crippen molar-refractivity contribution < 1.29 is 13.5 Å². The molecule has 1 fully saturated rings. The average Bonchev–Trinajstić information content (AvgIpc) is 2.34. The van der Waals surface area contributed by atoms with Crippen molar-refractivity contribution in [1.29, 1.82) is 0 Å². The first-order valence-electron chi connectivity index (χ1n) is 5.59. The van der Waals surface area contributed by atoms with E-state index in [0.29, 0.717) is 19.8 Å². The quantitative estimate of drug-likeness (QED) is 0.856. The van der Waals surface area contributed by atoms with Gasteiger partial charge in [0.05, 0.1) is 19.3 Å². The normalized spacial score (nSPS) is 20.6. The van der Waals surface area contributed by atoms with Crippen LogP contribution < -0.4 is 10.6 Å². The number of pyridine rings is 1. The van der Waals surface area contributed by atoms with Gasteiger partial charge in [0.15, 0.2) is 23.3 Å². The van der Waals surface area contributed by atoms with Gasteiger partial charge in [-0.3, -0.25) is 0 Å². The second kappa shape index (κ2) is 4.83. The van der Waals surface area contributed by atoms with Crippen molar-refractivity contribution in [1.82, 2.24) is 4.98 Å². The lowest BCUT2D eigenvalue weighted by molar-refractivity contribution is 0.0921. The van der Waals surface area contributed by atoms with Crippen molar-refractivity contribution in [3.05, 3.63) is 17.7 Å². The van der Waals surface area contributed by atoms with Crippen LogP contribution in [0, 0.1) is 11.6 Å². The maximum absolute atomic E-state index is 13.7. The monoisotopic (exact) mass is 243 g/mol. The van der Waals surface area contributed by atoms with Crippen LogP contribution in [0.25, 0.3) is 0 Å². The Bertz CT molecular complexity index is 414. The molecule has 1 saturated heterocycles. The van der Waals surface area contributed by atoms with Crippen LogP contribution in [0.5, 0.6) is 0 Å². The molecule has 1 atom stereocenters. The van der Waals surface area contributed by atoms with Gasteiger partial charge in [-0.1, -0.05) is 6.92 Å². The summed E-state index contributed by atoms with van der Waals surface area (Å²) in [5.74, 6) is -1.67. The van der Waals surface area contributed by atoms with E-state index in [2.05, 4.69) is 4.98 Å². The van der Waals surface area contributed by atoms with Gasteiger partial charge < -0.3 is 15.4 Å². The minimum atomic E-state index is -0.826. The first kappa shape index (κ1) is 12.0. The molecule has 17 heavy (non-hydrogen) atoms. The molecule has 1 aromatic heterocycles. The molecule has 0 saturated carbocycles. The second-order valence-electron chi connectivity index (χ2n) is 3.99. The Hall–Kier alpha value is -1.43. The molecule has 0 amide bonds. The fourth-order valence-corrected chi connectivity index (χ4v) is 1.94. The van der Waals surface area contributed by atoms with Gasteiger partial charge in [0.1, 0.15) is 0 Å². The first-order chi connectivity index (χ1) is 8.13. The van der Waals surface area contributed by atoms with E-state index in [1.54, 1.807) is 4.90 Å². The van der Waals surface area contributed by atoms with Gasteiger partial charge in [-0.05, 0) is 6.42 Å². The number of morpholine rings is 1. The number of nitrogen functional groups attached to an aromatic ring is 1. The summed E-state index contributed by atoms with van der Waals surface area (Å²) in [6, 6.07) is 0.829. The number of hydrogen-bond acceptors (Lipinski definition) is 4. The molecule has 94 valence electrons. The highest BCUT2D eigenvalue weighted by atomic mass is 19.1. The van der Waals surface area contributed by atoms with Crippen molar-refractivity contribution in [3.8, 4) is 0 Å². The van der Waals surface area contributed by atoms with Gasteiger partial charge in [0, 0.05) is 12.6 Å². The van der Waals surface area contributed by atoms with Crippen molar-refractivity contribution in [2.75, 3.05) is 30.4 Å². The molecule has 2 N–H and O–H groups in total. The number of rotatable bonds is 2. The third-order valence-corrected chi connectivity index (χ3v) is 2.91. The van der Waals surface area contributed by atoms with Gasteiger partial charge in [-0.15, -0.1) is 0 Å². The van der Waals surface area contributed by atoms with Crippen LogP contribution >= 0.6 is 0 Å². The summed E-state index contributed by atoms with van der Waals surface area (Å²) in [7, 11) is 0. The zero-order valence-electron chi connectivity index (χ0n) is 9.62. The van der Waals surface area contributed by atoms with Crippen molar-refractivity contribution in [2.24, 2.45) is 0 Å². The number of nitrogens with zero attached hydrogens (tertiary/aromatic N) is 2. The third-order valence-electron chi connectivity index (χ3n) is 2.91. The van der Waals surface area contributed by atoms with Crippen molar-refractivity contribution in [3.63, 3.8) is 0 Å². The van der Waals surface area contributed by atoms with Gasteiger partial charge in [-0.25, -0.2) is 13.8 Å². The molecule has 0 spiro atoms. The van der Waals surface area contributed by atoms with E-state index in [-0.39, 0.29) is 17.7 Å². The number of hydrogen-bond donors (Lipinski definition) is 1. The number of ether oxygens (including phenoxy) is 1. The summed E-state index contributed by atoms with van der Waals surface area (Å²) in [5, 5.41) is 0. The zero-order valence-corrected chi connectivity index (χ0v) is 9.62. The molecular formula is C11H15F2N3O. The molecule has 2 heterocycles. The molecule has 0 aliphatic carbocycles. The Morgan fingerprint density at radius 1 is 1.53 bits per heavy atom. The molecule has 0 radical (unpaired) electrons. The number of aromatic nitrogens is 1. The Labute approximate surface area is 98.4 Å². The molecule has 0 aromatic carbocycles. The lowest BCUT2D eigenvalue weighted by Crippen LogP contribution is -2.46. The molecule has 0 bridgehead atoms. The summed E-state index contributed by atoms with van der Waals surface area (Å²) in [6.45, 7) is 3.55. The van der Waals surface area contributed by atoms with E-state index in [9.17, 15) is 8.78 Å². The highest BCUT2D eigenvalue weighted by Gasteiger charge is 2.26. The number of halogens is 2. The van der Waals surface area contributed by atoms with Crippen LogP contribution in [0.4, 0.5) is 20.4 Å². The molecule has 4 nitrogen and oxygen atoms in total. The molecule has 1 aliphatic rings. The Balaban J connectivity index is 2.34. The van der Waals surface area contributed by atoms with Gasteiger partial charge >= 0.3 is 0 Å². The molecule has 2 rings (SSSR count). The van der Waals surface area contributed by atoms with Crippen LogP contribution in [0.2, 0.25) is 0 Å². The van der Waals surface area contributed by atoms with E-state index in [0.717, 1.165) is 12.5 Å². The van der Waals surface area contributed by atoms with E-state index >= 15 is 0 Å². The predicted octanol–water partition coefficient (Wildman–Crippen LogP) is 1.56. The average molecular weight is 243 g/mol. The highest BCUT2D eigenvalue weighted by molar-refractivity contribution is 5.48. The molecule has 1 aromatic rings.